The van der Waals surface area contributed by atoms with Crippen molar-refractivity contribution in [1.29, 1.82) is 0 Å². The zero-order chi connectivity index (χ0) is 8.67. The van der Waals surface area contributed by atoms with Gasteiger partial charge in [0, 0.05) is 12.4 Å². The number of aromatic nitrogens is 5. The van der Waals surface area contributed by atoms with Gasteiger partial charge in [0.1, 0.15) is 15.9 Å². The lowest BCUT2D eigenvalue weighted by Gasteiger charge is -1.84. The molecule has 0 N–H and O–H groups in total. The highest BCUT2D eigenvalue weighted by Crippen LogP contribution is 2.27. The Hall–Kier alpha value is -1.69. The molecular weight excluding hydrogens is 186 g/mol. The van der Waals surface area contributed by atoms with E-state index in [9.17, 15) is 0 Å². The van der Waals surface area contributed by atoms with Crippen LogP contribution in [0.15, 0.2) is 18.6 Å². The lowest BCUT2D eigenvalue weighted by molar-refractivity contribution is 0.898. The van der Waals surface area contributed by atoms with E-state index in [0.29, 0.717) is 0 Å². The van der Waals surface area contributed by atoms with Crippen molar-refractivity contribution in [2.24, 2.45) is 0 Å². The average molecular weight is 189 g/mol. The molecule has 0 aliphatic heterocycles. The Morgan fingerprint density at radius 1 is 1.08 bits per heavy atom. The zero-order valence-electron chi connectivity index (χ0n) is 6.38. The maximum atomic E-state index is 4.19. The summed E-state index contributed by atoms with van der Waals surface area (Å²) in [6.45, 7) is 0. The van der Waals surface area contributed by atoms with Gasteiger partial charge in [-0.25, -0.2) is 9.97 Å². The monoisotopic (exact) mass is 189 g/mol. The van der Waals surface area contributed by atoms with Crippen LogP contribution in [0.4, 0.5) is 0 Å². The molecule has 0 spiro atoms. The van der Waals surface area contributed by atoms with E-state index in [2.05, 4.69) is 25.4 Å². The van der Waals surface area contributed by atoms with Crippen LogP contribution in [0.1, 0.15) is 0 Å². The summed E-state index contributed by atoms with van der Waals surface area (Å²) in [5.74, 6) is 0. The van der Waals surface area contributed by atoms with Crippen molar-refractivity contribution < 1.29 is 0 Å². The Kier molecular flexibility index (Phi) is 1.25. The van der Waals surface area contributed by atoms with Crippen LogP contribution in [0.25, 0.3) is 20.6 Å². The third-order valence-corrected chi connectivity index (χ3v) is 2.71. The SMILES string of the molecule is c1cnc2c(n1)sc1cnnnc12. The van der Waals surface area contributed by atoms with Crippen LogP contribution in [-0.4, -0.2) is 25.4 Å². The molecule has 0 bridgehead atoms. The number of thiophene rings is 1. The molecule has 3 aromatic heterocycles. The van der Waals surface area contributed by atoms with Crippen LogP contribution in [-0.2, 0) is 0 Å². The van der Waals surface area contributed by atoms with Crippen LogP contribution in [0.5, 0.6) is 0 Å². The summed E-state index contributed by atoms with van der Waals surface area (Å²) in [7, 11) is 0. The van der Waals surface area contributed by atoms with Crippen LogP contribution in [0.3, 0.4) is 0 Å². The van der Waals surface area contributed by atoms with Gasteiger partial charge in [0.2, 0.25) is 0 Å². The van der Waals surface area contributed by atoms with Crippen LogP contribution in [0.2, 0.25) is 0 Å². The smallest absolute Gasteiger partial charge is 0.144 e. The second-order valence-electron chi connectivity index (χ2n) is 2.46. The van der Waals surface area contributed by atoms with E-state index in [1.54, 1.807) is 18.6 Å². The molecule has 0 saturated heterocycles. The number of fused-ring (bicyclic) bond motifs is 3. The van der Waals surface area contributed by atoms with Gasteiger partial charge in [-0.15, -0.1) is 21.5 Å². The molecule has 0 aromatic carbocycles. The minimum Gasteiger partial charge on any atom is -0.250 e. The van der Waals surface area contributed by atoms with E-state index in [0.717, 1.165) is 20.6 Å². The molecule has 5 nitrogen and oxygen atoms in total. The van der Waals surface area contributed by atoms with Crippen molar-refractivity contribution in [2.75, 3.05) is 0 Å². The topological polar surface area (TPSA) is 64.5 Å². The highest BCUT2D eigenvalue weighted by Gasteiger charge is 2.07. The predicted octanol–water partition coefficient (Wildman–Crippen LogP) is 1.03. The summed E-state index contributed by atoms with van der Waals surface area (Å²) < 4.78 is 0.969. The molecule has 3 aromatic rings. The van der Waals surface area contributed by atoms with Gasteiger partial charge < -0.3 is 0 Å². The van der Waals surface area contributed by atoms with Crippen molar-refractivity contribution in [1.82, 2.24) is 25.4 Å². The van der Waals surface area contributed by atoms with E-state index < -0.39 is 0 Å². The average Bonchev–Trinajstić information content (AvgIpc) is 2.56. The van der Waals surface area contributed by atoms with Crippen LogP contribution >= 0.6 is 11.3 Å². The maximum Gasteiger partial charge on any atom is 0.144 e. The van der Waals surface area contributed by atoms with Gasteiger partial charge >= 0.3 is 0 Å². The van der Waals surface area contributed by atoms with Crippen molar-refractivity contribution in [3.63, 3.8) is 0 Å². The first-order valence-electron chi connectivity index (χ1n) is 3.63. The highest BCUT2D eigenvalue weighted by molar-refractivity contribution is 7.25. The first-order chi connectivity index (χ1) is 6.45. The van der Waals surface area contributed by atoms with Crippen LogP contribution < -0.4 is 0 Å². The lowest BCUT2D eigenvalue weighted by atomic mass is 10.4. The van der Waals surface area contributed by atoms with E-state index in [4.69, 9.17) is 0 Å². The van der Waals surface area contributed by atoms with Gasteiger partial charge in [-0.2, -0.15) is 0 Å². The van der Waals surface area contributed by atoms with E-state index >= 15 is 0 Å². The van der Waals surface area contributed by atoms with Crippen LogP contribution in [0, 0.1) is 0 Å². The van der Waals surface area contributed by atoms with Crippen molar-refractivity contribution in [3.05, 3.63) is 18.6 Å². The normalized spacial score (nSPS) is 11.1. The van der Waals surface area contributed by atoms with Gasteiger partial charge in [0.25, 0.3) is 0 Å². The van der Waals surface area contributed by atoms with E-state index in [1.807, 2.05) is 0 Å². The molecule has 0 amide bonds. The molecule has 3 heterocycles. The van der Waals surface area contributed by atoms with Crippen molar-refractivity contribution in [2.45, 2.75) is 0 Å². The molecule has 6 heteroatoms. The summed E-state index contributed by atoms with van der Waals surface area (Å²) >= 11 is 1.52. The minimum atomic E-state index is 0.781. The Morgan fingerprint density at radius 3 is 3.00 bits per heavy atom. The molecule has 62 valence electrons. The fraction of sp³-hybridized carbons (Fsp3) is 0. The third-order valence-electron chi connectivity index (χ3n) is 1.70. The standard InChI is InChI=1S/C7H3N5S/c1-2-9-7-6(8-1)5-4(13-7)3-10-12-11-5/h1-3H. The summed E-state index contributed by atoms with van der Waals surface area (Å²) in [6.07, 6.45) is 4.99. The number of hydrogen-bond donors (Lipinski definition) is 0. The molecule has 3 rings (SSSR count). The first-order valence-corrected chi connectivity index (χ1v) is 4.44. The summed E-state index contributed by atoms with van der Waals surface area (Å²) in [4.78, 5) is 9.24. The number of rotatable bonds is 0. The van der Waals surface area contributed by atoms with E-state index in [1.165, 1.54) is 11.3 Å². The second-order valence-corrected chi connectivity index (χ2v) is 3.49. The van der Waals surface area contributed by atoms with E-state index in [-0.39, 0.29) is 0 Å². The van der Waals surface area contributed by atoms with Crippen molar-refractivity contribution >= 4 is 31.9 Å². The lowest BCUT2D eigenvalue weighted by Crippen LogP contribution is -1.84. The van der Waals surface area contributed by atoms with Gasteiger partial charge in [0.15, 0.2) is 0 Å². The Balaban J connectivity index is 2.64. The van der Waals surface area contributed by atoms with Gasteiger partial charge in [0.05, 0.1) is 10.9 Å². The van der Waals surface area contributed by atoms with Gasteiger partial charge in [-0.05, 0) is 5.21 Å². The van der Waals surface area contributed by atoms with Gasteiger partial charge in [-0.1, -0.05) is 0 Å². The predicted molar refractivity (Wildman–Crippen MR) is 48.3 cm³/mol. The second kappa shape index (κ2) is 2.40. The number of hydrogen-bond acceptors (Lipinski definition) is 6. The molecule has 0 aliphatic rings. The highest BCUT2D eigenvalue weighted by atomic mass is 32.1. The molecule has 13 heavy (non-hydrogen) atoms. The zero-order valence-corrected chi connectivity index (χ0v) is 7.19. The fourth-order valence-electron chi connectivity index (χ4n) is 1.16. The Bertz CT molecular complexity index is 525. The molecule has 0 radical (unpaired) electrons. The fourth-order valence-corrected chi connectivity index (χ4v) is 2.07. The quantitative estimate of drug-likeness (QED) is 0.528. The molecular formula is C7H3N5S. The first kappa shape index (κ1) is 6.79. The Labute approximate surface area is 76.5 Å². The van der Waals surface area contributed by atoms with Gasteiger partial charge in [-0.3, -0.25) is 0 Å². The molecule has 0 unspecified atom stereocenters. The minimum absolute atomic E-state index is 0.781. The molecule has 0 saturated carbocycles. The number of nitrogens with zero attached hydrogens (tertiary/aromatic N) is 5. The molecule has 0 atom stereocenters. The van der Waals surface area contributed by atoms with Crippen molar-refractivity contribution in [3.8, 4) is 0 Å². The Morgan fingerprint density at radius 2 is 2.00 bits per heavy atom. The molecule has 0 aliphatic carbocycles. The third kappa shape index (κ3) is 0.888. The largest absolute Gasteiger partial charge is 0.250 e. The molecule has 0 fully saturated rings. The summed E-state index contributed by atoms with van der Waals surface area (Å²) in [5, 5.41) is 11.2. The maximum absolute atomic E-state index is 4.19. The summed E-state index contributed by atoms with van der Waals surface area (Å²) in [6, 6.07) is 0. The summed E-state index contributed by atoms with van der Waals surface area (Å²) in [5.41, 5.74) is 1.58.